The molecule has 25 heavy (non-hydrogen) atoms. The normalized spacial score (nSPS) is 10.9. The van der Waals surface area contributed by atoms with Gasteiger partial charge < -0.3 is 10.1 Å². The Hall–Kier alpha value is -3.08. The fourth-order valence-electron chi connectivity index (χ4n) is 1.99. The molecule has 0 aromatic heterocycles. The standard InChI is InChI=1S/C20H23N3O2/c1-2-3-16-25-19-13-11-18(12-14-19)22-20(24)23-21-15-7-10-17-8-5-4-6-9-17/h4-15H,2-3,16H2,1H3,(H2,22,23,24)/b10-7+,21-15-. The summed E-state index contributed by atoms with van der Waals surface area (Å²) < 4.78 is 5.58. The summed E-state index contributed by atoms with van der Waals surface area (Å²) in [4.78, 5) is 11.8. The zero-order valence-electron chi connectivity index (χ0n) is 14.3. The van der Waals surface area contributed by atoms with Gasteiger partial charge in [0, 0.05) is 11.9 Å². The van der Waals surface area contributed by atoms with Gasteiger partial charge in [-0.15, -0.1) is 0 Å². The first-order valence-corrected chi connectivity index (χ1v) is 8.32. The van der Waals surface area contributed by atoms with Crippen molar-refractivity contribution in [1.82, 2.24) is 5.43 Å². The fourth-order valence-corrected chi connectivity index (χ4v) is 1.99. The third-order valence-electron chi connectivity index (χ3n) is 3.29. The maximum Gasteiger partial charge on any atom is 0.339 e. The second-order valence-corrected chi connectivity index (χ2v) is 5.34. The number of hydrogen-bond acceptors (Lipinski definition) is 3. The molecule has 0 radical (unpaired) electrons. The molecule has 2 aromatic carbocycles. The van der Waals surface area contributed by atoms with Crippen molar-refractivity contribution in [2.75, 3.05) is 11.9 Å². The highest BCUT2D eigenvalue weighted by Gasteiger charge is 2.00. The average molecular weight is 337 g/mol. The highest BCUT2D eigenvalue weighted by molar-refractivity contribution is 5.90. The van der Waals surface area contributed by atoms with Crippen LogP contribution in [-0.4, -0.2) is 18.9 Å². The maximum atomic E-state index is 11.8. The molecule has 0 aliphatic rings. The molecule has 2 aromatic rings. The van der Waals surface area contributed by atoms with E-state index < -0.39 is 6.03 Å². The number of unbranched alkanes of at least 4 members (excludes halogenated alkanes) is 1. The summed E-state index contributed by atoms with van der Waals surface area (Å²) in [6.07, 6.45) is 7.32. The molecule has 0 spiro atoms. The molecule has 0 fully saturated rings. The van der Waals surface area contributed by atoms with Crippen LogP contribution in [0, 0.1) is 0 Å². The summed E-state index contributed by atoms with van der Waals surface area (Å²) in [5, 5.41) is 6.55. The van der Waals surface area contributed by atoms with Gasteiger partial charge in [-0.2, -0.15) is 5.10 Å². The van der Waals surface area contributed by atoms with E-state index in [-0.39, 0.29) is 0 Å². The Labute approximate surface area is 148 Å². The molecule has 0 bridgehead atoms. The number of rotatable bonds is 8. The van der Waals surface area contributed by atoms with Crippen LogP contribution in [0.5, 0.6) is 5.75 Å². The second kappa shape index (κ2) is 10.6. The molecule has 0 saturated carbocycles. The van der Waals surface area contributed by atoms with Crippen molar-refractivity contribution in [2.45, 2.75) is 19.8 Å². The first-order valence-electron chi connectivity index (χ1n) is 8.32. The lowest BCUT2D eigenvalue weighted by molar-refractivity contribution is 0.252. The number of benzene rings is 2. The molecule has 2 amide bonds. The minimum atomic E-state index is -0.399. The van der Waals surface area contributed by atoms with Crippen LogP contribution in [0.2, 0.25) is 0 Å². The lowest BCUT2D eigenvalue weighted by atomic mass is 10.2. The van der Waals surface area contributed by atoms with E-state index >= 15 is 0 Å². The van der Waals surface area contributed by atoms with E-state index in [1.54, 1.807) is 18.2 Å². The number of ether oxygens (including phenoxy) is 1. The van der Waals surface area contributed by atoms with Crippen LogP contribution in [0.4, 0.5) is 10.5 Å². The maximum absolute atomic E-state index is 11.8. The number of hydrogen-bond donors (Lipinski definition) is 2. The Kier molecular flexibility index (Phi) is 7.78. The molecule has 2 N–H and O–H groups in total. The first kappa shape index (κ1) is 18.3. The zero-order valence-corrected chi connectivity index (χ0v) is 14.3. The molecular weight excluding hydrogens is 314 g/mol. The van der Waals surface area contributed by atoms with Crippen LogP contribution < -0.4 is 15.5 Å². The van der Waals surface area contributed by atoms with Crippen LogP contribution in [0.3, 0.4) is 0 Å². The number of anilines is 1. The quantitative estimate of drug-likeness (QED) is 0.417. The monoisotopic (exact) mass is 337 g/mol. The van der Waals surface area contributed by atoms with Crippen molar-refractivity contribution in [1.29, 1.82) is 0 Å². The summed E-state index contributed by atoms with van der Waals surface area (Å²) in [7, 11) is 0. The van der Waals surface area contributed by atoms with Gasteiger partial charge in [0.25, 0.3) is 0 Å². The number of hydrazone groups is 1. The molecule has 0 unspecified atom stereocenters. The first-order chi connectivity index (χ1) is 12.3. The zero-order chi connectivity index (χ0) is 17.7. The predicted octanol–water partition coefficient (Wildman–Crippen LogP) is 4.69. The van der Waals surface area contributed by atoms with E-state index in [0.717, 1.165) is 24.2 Å². The van der Waals surface area contributed by atoms with Crippen LogP contribution in [0.1, 0.15) is 25.3 Å². The van der Waals surface area contributed by atoms with Gasteiger partial charge in [0.1, 0.15) is 5.75 Å². The Balaban J connectivity index is 1.72. The SMILES string of the molecule is CCCCOc1ccc(NC(=O)N/N=C\C=C\c2ccccc2)cc1. The molecule has 2 rings (SSSR count). The number of allylic oxidation sites excluding steroid dienone is 1. The van der Waals surface area contributed by atoms with Gasteiger partial charge in [0.2, 0.25) is 0 Å². The molecular formula is C20H23N3O2. The van der Waals surface area contributed by atoms with E-state index in [2.05, 4.69) is 22.8 Å². The lowest BCUT2D eigenvalue weighted by Crippen LogP contribution is -2.23. The van der Waals surface area contributed by atoms with E-state index in [4.69, 9.17) is 4.74 Å². The van der Waals surface area contributed by atoms with E-state index in [1.807, 2.05) is 48.5 Å². The summed E-state index contributed by atoms with van der Waals surface area (Å²) in [6.45, 7) is 2.82. The topological polar surface area (TPSA) is 62.7 Å². The van der Waals surface area contributed by atoms with Gasteiger partial charge in [0.05, 0.1) is 6.61 Å². The number of nitrogens with one attached hydrogen (secondary N) is 2. The molecule has 5 heteroatoms. The highest BCUT2D eigenvalue weighted by Crippen LogP contribution is 2.15. The van der Waals surface area contributed by atoms with E-state index in [1.165, 1.54) is 6.21 Å². The Morgan fingerprint density at radius 2 is 1.88 bits per heavy atom. The third-order valence-corrected chi connectivity index (χ3v) is 3.29. The second-order valence-electron chi connectivity index (χ2n) is 5.34. The number of urea groups is 1. The van der Waals surface area contributed by atoms with Gasteiger partial charge in [-0.05, 0) is 42.3 Å². The van der Waals surface area contributed by atoms with Crippen LogP contribution in [0.15, 0.2) is 65.8 Å². The highest BCUT2D eigenvalue weighted by atomic mass is 16.5. The van der Waals surface area contributed by atoms with E-state index in [9.17, 15) is 4.79 Å². The smallest absolute Gasteiger partial charge is 0.339 e. The van der Waals surface area contributed by atoms with Crippen molar-refractivity contribution < 1.29 is 9.53 Å². The molecule has 0 aliphatic heterocycles. The summed E-state index contributed by atoms with van der Waals surface area (Å²) in [5.74, 6) is 0.795. The summed E-state index contributed by atoms with van der Waals surface area (Å²) in [6, 6.07) is 16.7. The predicted molar refractivity (Wildman–Crippen MR) is 103 cm³/mol. The molecule has 0 heterocycles. The van der Waals surface area contributed by atoms with Crippen LogP contribution >= 0.6 is 0 Å². The van der Waals surface area contributed by atoms with Gasteiger partial charge >= 0.3 is 6.03 Å². The molecule has 0 aliphatic carbocycles. The van der Waals surface area contributed by atoms with Crippen LogP contribution in [0.25, 0.3) is 6.08 Å². The number of carbonyl (C=O) groups is 1. The van der Waals surface area contributed by atoms with Crippen LogP contribution in [-0.2, 0) is 0 Å². The van der Waals surface area contributed by atoms with Gasteiger partial charge in [-0.1, -0.05) is 49.8 Å². The van der Waals surface area contributed by atoms with Crippen molar-refractivity contribution in [3.05, 3.63) is 66.2 Å². The number of nitrogens with zero attached hydrogens (tertiary/aromatic N) is 1. The van der Waals surface area contributed by atoms with Gasteiger partial charge in [0.15, 0.2) is 0 Å². The molecule has 130 valence electrons. The van der Waals surface area contributed by atoms with Crippen molar-refractivity contribution in [3.63, 3.8) is 0 Å². The van der Waals surface area contributed by atoms with Crippen molar-refractivity contribution in [2.24, 2.45) is 5.10 Å². The molecule has 0 saturated heterocycles. The van der Waals surface area contributed by atoms with Crippen molar-refractivity contribution in [3.8, 4) is 5.75 Å². The van der Waals surface area contributed by atoms with Gasteiger partial charge in [-0.25, -0.2) is 10.2 Å². The fraction of sp³-hybridized carbons (Fsp3) is 0.200. The van der Waals surface area contributed by atoms with E-state index in [0.29, 0.717) is 12.3 Å². The Morgan fingerprint density at radius 1 is 1.12 bits per heavy atom. The lowest BCUT2D eigenvalue weighted by Gasteiger charge is -2.07. The Morgan fingerprint density at radius 3 is 2.60 bits per heavy atom. The number of amides is 2. The van der Waals surface area contributed by atoms with Crippen molar-refractivity contribution >= 4 is 24.0 Å². The van der Waals surface area contributed by atoms with Gasteiger partial charge in [-0.3, -0.25) is 0 Å². The number of carbonyl (C=O) groups excluding carboxylic acids is 1. The minimum Gasteiger partial charge on any atom is -0.494 e. The Bertz CT molecular complexity index is 695. The third kappa shape index (κ3) is 7.35. The molecule has 0 atom stereocenters. The largest absolute Gasteiger partial charge is 0.494 e. The summed E-state index contributed by atoms with van der Waals surface area (Å²) in [5.41, 5.74) is 4.16. The molecule has 5 nitrogen and oxygen atoms in total. The summed E-state index contributed by atoms with van der Waals surface area (Å²) >= 11 is 0. The average Bonchev–Trinajstić information content (AvgIpc) is 2.64. The minimum absolute atomic E-state index is 0.399.